The maximum absolute atomic E-state index is 11.2. The van der Waals surface area contributed by atoms with E-state index in [1.807, 2.05) is 27.0 Å². The maximum atomic E-state index is 11.2. The third-order valence-corrected chi connectivity index (χ3v) is 2.87. The fraction of sp³-hybridized carbons (Fsp3) is 0.533. The third-order valence-electron chi connectivity index (χ3n) is 2.87. The standard InChI is InChI=1S/C15H23NO4/c1-11(2)20-8-7-16(3)10-12-5-6-14(19-4)13(9-12)15(17)18/h5-6,9,11H,7-8,10H2,1-4H3,(H,17,18). The summed E-state index contributed by atoms with van der Waals surface area (Å²) in [6.07, 6.45) is 0.225. The van der Waals surface area contributed by atoms with Crippen LogP contribution >= 0.6 is 0 Å². The molecule has 0 saturated heterocycles. The predicted octanol–water partition coefficient (Wildman–Crippen LogP) is 2.25. The van der Waals surface area contributed by atoms with Crippen LogP contribution in [0.4, 0.5) is 0 Å². The van der Waals surface area contributed by atoms with Gasteiger partial charge in [-0.3, -0.25) is 4.90 Å². The lowest BCUT2D eigenvalue weighted by molar-refractivity contribution is 0.0625. The number of aromatic carboxylic acids is 1. The van der Waals surface area contributed by atoms with Crippen LogP contribution in [-0.2, 0) is 11.3 Å². The summed E-state index contributed by atoms with van der Waals surface area (Å²) in [5, 5.41) is 9.14. The fourth-order valence-electron chi connectivity index (χ4n) is 1.86. The van der Waals surface area contributed by atoms with Gasteiger partial charge in [0.1, 0.15) is 11.3 Å². The summed E-state index contributed by atoms with van der Waals surface area (Å²) >= 11 is 0. The monoisotopic (exact) mass is 281 g/mol. The van der Waals surface area contributed by atoms with Gasteiger partial charge in [-0.15, -0.1) is 0 Å². The molecule has 0 fully saturated rings. The van der Waals surface area contributed by atoms with Gasteiger partial charge < -0.3 is 14.6 Å². The highest BCUT2D eigenvalue weighted by Gasteiger charge is 2.12. The average Bonchev–Trinajstić information content (AvgIpc) is 2.38. The van der Waals surface area contributed by atoms with Gasteiger partial charge in [-0.2, -0.15) is 0 Å². The Balaban J connectivity index is 2.63. The van der Waals surface area contributed by atoms with Gasteiger partial charge in [0.05, 0.1) is 19.8 Å². The van der Waals surface area contributed by atoms with Crippen LogP contribution in [0.5, 0.6) is 5.75 Å². The Morgan fingerprint density at radius 1 is 1.40 bits per heavy atom. The number of carboxylic acids is 1. The predicted molar refractivity (Wildman–Crippen MR) is 77.4 cm³/mol. The number of rotatable bonds is 8. The summed E-state index contributed by atoms with van der Waals surface area (Å²) < 4.78 is 10.5. The zero-order valence-corrected chi connectivity index (χ0v) is 12.5. The minimum atomic E-state index is -0.977. The fourth-order valence-corrected chi connectivity index (χ4v) is 1.86. The van der Waals surface area contributed by atoms with E-state index in [0.717, 1.165) is 12.1 Å². The Morgan fingerprint density at radius 3 is 2.65 bits per heavy atom. The van der Waals surface area contributed by atoms with E-state index < -0.39 is 5.97 Å². The zero-order valence-electron chi connectivity index (χ0n) is 12.5. The Bertz CT molecular complexity index is 445. The number of carboxylic acid groups (broad SMARTS) is 1. The highest BCUT2D eigenvalue weighted by Crippen LogP contribution is 2.20. The molecule has 0 atom stereocenters. The molecule has 5 heteroatoms. The van der Waals surface area contributed by atoms with Crippen molar-refractivity contribution in [3.05, 3.63) is 29.3 Å². The van der Waals surface area contributed by atoms with Gasteiger partial charge in [0.15, 0.2) is 0 Å². The molecule has 0 radical (unpaired) electrons. The molecule has 0 heterocycles. The second kappa shape index (κ2) is 7.87. The Kier molecular flexibility index (Phi) is 6.48. The van der Waals surface area contributed by atoms with E-state index in [4.69, 9.17) is 14.6 Å². The lowest BCUT2D eigenvalue weighted by Crippen LogP contribution is -2.24. The molecule has 5 nitrogen and oxygen atoms in total. The molecule has 0 amide bonds. The molecular formula is C15H23NO4. The van der Waals surface area contributed by atoms with E-state index in [1.54, 1.807) is 12.1 Å². The van der Waals surface area contributed by atoms with Crippen LogP contribution in [0.1, 0.15) is 29.8 Å². The van der Waals surface area contributed by atoms with Crippen molar-refractivity contribution in [1.29, 1.82) is 0 Å². The van der Waals surface area contributed by atoms with Gasteiger partial charge in [0.2, 0.25) is 0 Å². The van der Waals surface area contributed by atoms with Crippen molar-refractivity contribution < 1.29 is 19.4 Å². The zero-order chi connectivity index (χ0) is 15.1. The topological polar surface area (TPSA) is 59.0 Å². The molecule has 0 aliphatic carbocycles. The van der Waals surface area contributed by atoms with Crippen LogP contribution in [0.2, 0.25) is 0 Å². The summed E-state index contributed by atoms with van der Waals surface area (Å²) in [6, 6.07) is 5.23. The van der Waals surface area contributed by atoms with Crippen molar-refractivity contribution in [2.45, 2.75) is 26.5 Å². The molecule has 0 saturated carbocycles. The van der Waals surface area contributed by atoms with Crippen LogP contribution in [0, 0.1) is 0 Å². The maximum Gasteiger partial charge on any atom is 0.339 e. The van der Waals surface area contributed by atoms with Gasteiger partial charge in [-0.05, 0) is 38.6 Å². The molecule has 1 aromatic carbocycles. The Hall–Kier alpha value is -1.59. The quantitative estimate of drug-likeness (QED) is 0.792. The molecule has 112 valence electrons. The van der Waals surface area contributed by atoms with Crippen LogP contribution in [-0.4, -0.2) is 49.4 Å². The summed E-state index contributed by atoms with van der Waals surface area (Å²) in [5.41, 5.74) is 1.13. The SMILES string of the molecule is COc1ccc(CN(C)CCOC(C)C)cc1C(=O)O. The largest absolute Gasteiger partial charge is 0.496 e. The molecule has 0 bridgehead atoms. The second-order valence-electron chi connectivity index (χ2n) is 5.00. The molecule has 0 aliphatic heterocycles. The van der Waals surface area contributed by atoms with Gasteiger partial charge in [0.25, 0.3) is 0 Å². The summed E-state index contributed by atoms with van der Waals surface area (Å²) in [7, 11) is 3.45. The minimum absolute atomic E-state index is 0.192. The number of nitrogens with zero attached hydrogens (tertiary/aromatic N) is 1. The van der Waals surface area contributed by atoms with Crippen LogP contribution in [0.15, 0.2) is 18.2 Å². The van der Waals surface area contributed by atoms with Crippen molar-refractivity contribution in [1.82, 2.24) is 4.90 Å². The lowest BCUT2D eigenvalue weighted by Gasteiger charge is -2.18. The lowest BCUT2D eigenvalue weighted by atomic mass is 10.1. The molecule has 1 N–H and O–H groups in total. The first-order valence-electron chi connectivity index (χ1n) is 6.64. The molecular weight excluding hydrogens is 258 g/mol. The summed E-state index contributed by atoms with van der Waals surface area (Å²) in [4.78, 5) is 13.2. The number of methoxy groups -OCH3 is 1. The van der Waals surface area contributed by atoms with E-state index in [0.29, 0.717) is 18.9 Å². The number of hydrogen-bond donors (Lipinski definition) is 1. The molecule has 20 heavy (non-hydrogen) atoms. The smallest absolute Gasteiger partial charge is 0.339 e. The number of ether oxygens (including phenoxy) is 2. The van der Waals surface area contributed by atoms with E-state index in [9.17, 15) is 4.79 Å². The third kappa shape index (κ3) is 5.19. The first kappa shape index (κ1) is 16.5. The minimum Gasteiger partial charge on any atom is -0.496 e. The molecule has 0 aromatic heterocycles. The van der Waals surface area contributed by atoms with E-state index in [1.165, 1.54) is 7.11 Å². The molecule has 1 rings (SSSR count). The van der Waals surface area contributed by atoms with Crippen molar-refractivity contribution in [3.8, 4) is 5.75 Å². The molecule has 1 aromatic rings. The highest BCUT2D eigenvalue weighted by molar-refractivity contribution is 5.91. The summed E-state index contributed by atoms with van der Waals surface area (Å²) in [6.45, 7) is 6.14. The van der Waals surface area contributed by atoms with Crippen LogP contribution in [0.25, 0.3) is 0 Å². The van der Waals surface area contributed by atoms with Crippen molar-refractivity contribution in [2.24, 2.45) is 0 Å². The van der Waals surface area contributed by atoms with Gasteiger partial charge in [-0.1, -0.05) is 6.07 Å². The number of likely N-dealkylation sites (N-methyl/N-ethyl adjacent to an activating group) is 1. The van der Waals surface area contributed by atoms with Crippen molar-refractivity contribution >= 4 is 5.97 Å². The van der Waals surface area contributed by atoms with Crippen molar-refractivity contribution in [2.75, 3.05) is 27.3 Å². The highest BCUT2D eigenvalue weighted by atomic mass is 16.5. The Labute approximate surface area is 120 Å². The van der Waals surface area contributed by atoms with Crippen LogP contribution in [0.3, 0.4) is 0 Å². The molecule has 0 aliphatic rings. The summed E-state index contributed by atoms with van der Waals surface area (Å²) in [5.74, 6) is -0.596. The normalized spacial score (nSPS) is 11.1. The number of benzene rings is 1. The number of hydrogen-bond acceptors (Lipinski definition) is 4. The van der Waals surface area contributed by atoms with E-state index >= 15 is 0 Å². The average molecular weight is 281 g/mol. The van der Waals surface area contributed by atoms with Crippen molar-refractivity contribution in [3.63, 3.8) is 0 Å². The molecule has 0 unspecified atom stereocenters. The molecule has 0 spiro atoms. The van der Waals surface area contributed by atoms with E-state index in [2.05, 4.69) is 4.90 Å². The van der Waals surface area contributed by atoms with Gasteiger partial charge in [-0.25, -0.2) is 4.79 Å². The first-order valence-corrected chi connectivity index (χ1v) is 6.64. The Morgan fingerprint density at radius 2 is 2.10 bits per heavy atom. The second-order valence-corrected chi connectivity index (χ2v) is 5.00. The first-order chi connectivity index (χ1) is 9.43. The van der Waals surface area contributed by atoms with Gasteiger partial charge in [0, 0.05) is 13.1 Å². The van der Waals surface area contributed by atoms with Gasteiger partial charge >= 0.3 is 5.97 Å². The van der Waals surface area contributed by atoms with Crippen LogP contribution < -0.4 is 4.74 Å². The number of carbonyl (C=O) groups is 1. The van der Waals surface area contributed by atoms with E-state index in [-0.39, 0.29) is 11.7 Å².